The summed E-state index contributed by atoms with van der Waals surface area (Å²) < 4.78 is 3.71. The Morgan fingerprint density at radius 2 is 2.00 bits per heavy atom. The second-order valence-electron chi connectivity index (χ2n) is 6.12. The van der Waals surface area contributed by atoms with Crippen LogP contribution in [0.1, 0.15) is 17.7 Å². The molecule has 2 aromatic rings. The average molecular weight is 379 g/mol. The molecule has 22 heavy (non-hydrogen) atoms. The van der Waals surface area contributed by atoms with E-state index in [0.29, 0.717) is 0 Å². The van der Waals surface area contributed by atoms with Gasteiger partial charge in [0, 0.05) is 28.2 Å². The van der Waals surface area contributed by atoms with Crippen molar-refractivity contribution in [1.82, 2.24) is 9.47 Å². The fourth-order valence-electron chi connectivity index (χ4n) is 3.08. The molecule has 3 rings (SSSR count). The van der Waals surface area contributed by atoms with E-state index in [2.05, 4.69) is 81.6 Å². The molecule has 1 aliphatic rings. The molecule has 0 bridgehead atoms. The van der Waals surface area contributed by atoms with Crippen molar-refractivity contribution >= 4 is 27.7 Å². The highest BCUT2D eigenvalue weighted by Gasteiger charge is 2.19. The first-order chi connectivity index (χ1) is 10.6. The summed E-state index contributed by atoms with van der Waals surface area (Å²) in [5, 5.41) is 0. The number of hydrogen-bond donors (Lipinski definition) is 0. The number of rotatable bonds is 5. The first-order valence-electron chi connectivity index (χ1n) is 7.85. The Kier molecular flexibility index (Phi) is 5.32. The molecule has 0 fully saturated rings. The number of nitrogens with zero attached hydrogens (tertiary/aromatic N) is 2. The van der Waals surface area contributed by atoms with E-state index in [1.54, 1.807) is 11.3 Å². The number of thioether (sulfide) groups is 1. The van der Waals surface area contributed by atoms with E-state index in [-0.39, 0.29) is 0 Å². The SMILES string of the molecule is CN(C)CCCn1c(-c2ccc(Br)cc2)cc2c1CCSC2. The molecule has 1 aromatic carbocycles. The Morgan fingerprint density at radius 3 is 2.73 bits per heavy atom. The lowest BCUT2D eigenvalue weighted by Gasteiger charge is -2.18. The molecule has 0 aliphatic carbocycles. The molecule has 1 aromatic heterocycles. The number of fused-ring (bicyclic) bond motifs is 1. The van der Waals surface area contributed by atoms with Gasteiger partial charge in [-0.2, -0.15) is 11.8 Å². The predicted molar refractivity (Wildman–Crippen MR) is 101 cm³/mol. The molecule has 0 atom stereocenters. The summed E-state index contributed by atoms with van der Waals surface area (Å²) in [6.07, 6.45) is 2.41. The van der Waals surface area contributed by atoms with Crippen molar-refractivity contribution in [2.24, 2.45) is 0 Å². The highest BCUT2D eigenvalue weighted by atomic mass is 79.9. The maximum Gasteiger partial charge on any atom is 0.0485 e. The first-order valence-corrected chi connectivity index (χ1v) is 9.79. The lowest BCUT2D eigenvalue weighted by atomic mass is 10.1. The Morgan fingerprint density at radius 1 is 1.23 bits per heavy atom. The van der Waals surface area contributed by atoms with Crippen molar-refractivity contribution in [2.75, 3.05) is 26.4 Å². The van der Waals surface area contributed by atoms with Gasteiger partial charge in [-0.3, -0.25) is 0 Å². The quantitative estimate of drug-likeness (QED) is 0.747. The number of aromatic nitrogens is 1. The Bertz CT molecular complexity index is 631. The molecule has 2 heterocycles. The van der Waals surface area contributed by atoms with Gasteiger partial charge in [0.25, 0.3) is 0 Å². The van der Waals surface area contributed by atoms with Crippen molar-refractivity contribution in [3.63, 3.8) is 0 Å². The van der Waals surface area contributed by atoms with Crippen LogP contribution in [0, 0.1) is 0 Å². The van der Waals surface area contributed by atoms with E-state index in [1.165, 1.54) is 35.6 Å². The molecular formula is C18H23BrN2S. The third-order valence-corrected chi connectivity index (χ3v) is 5.70. The molecule has 4 heteroatoms. The van der Waals surface area contributed by atoms with Gasteiger partial charge in [-0.15, -0.1) is 0 Å². The minimum atomic E-state index is 1.11. The van der Waals surface area contributed by atoms with Gasteiger partial charge >= 0.3 is 0 Å². The summed E-state index contributed by atoms with van der Waals surface area (Å²) in [7, 11) is 4.30. The molecule has 0 spiro atoms. The van der Waals surface area contributed by atoms with Gasteiger partial charge < -0.3 is 9.47 Å². The van der Waals surface area contributed by atoms with Gasteiger partial charge in [0.1, 0.15) is 0 Å². The lowest BCUT2D eigenvalue weighted by molar-refractivity contribution is 0.385. The van der Waals surface area contributed by atoms with E-state index in [1.807, 2.05) is 0 Å². The number of halogens is 1. The summed E-state index contributed by atoms with van der Waals surface area (Å²) in [5.74, 6) is 2.42. The minimum absolute atomic E-state index is 1.11. The van der Waals surface area contributed by atoms with Crippen LogP contribution in [0.2, 0.25) is 0 Å². The van der Waals surface area contributed by atoms with Gasteiger partial charge in [0.15, 0.2) is 0 Å². The first kappa shape index (κ1) is 16.2. The second-order valence-corrected chi connectivity index (χ2v) is 8.14. The molecule has 2 nitrogen and oxygen atoms in total. The van der Waals surface area contributed by atoms with E-state index >= 15 is 0 Å². The third-order valence-electron chi connectivity index (χ3n) is 4.17. The molecule has 118 valence electrons. The molecule has 0 amide bonds. The van der Waals surface area contributed by atoms with Gasteiger partial charge in [-0.25, -0.2) is 0 Å². The number of hydrogen-bond acceptors (Lipinski definition) is 2. The monoisotopic (exact) mass is 378 g/mol. The minimum Gasteiger partial charge on any atom is -0.344 e. The molecule has 0 radical (unpaired) electrons. The van der Waals surface area contributed by atoms with E-state index in [9.17, 15) is 0 Å². The van der Waals surface area contributed by atoms with Crippen LogP contribution in [0.15, 0.2) is 34.8 Å². The van der Waals surface area contributed by atoms with Crippen molar-refractivity contribution in [1.29, 1.82) is 0 Å². The zero-order valence-electron chi connectivity index (χ0n) is 13.3. The molecule has 0 unspecified atom stereocenters. The topological polar surface area (TPSA) is 8.17 Å². The van der Waals surface area contributed by atoms with Crippen LogP contribution in [-0.4, -0.2) is 35.9 Å². The van der Waals surface area contributed by atoms with Crippen molar-refractivity contribution in [2.45, 2.75) is 25.1 Å². The molecule has 0 N–H and O–H groups in total. The van der Waals surface area contributed by atoms with Crippen LogP contribution in [0.3, 0.4) is 0 Å². The Balaban J connectivity index is 1.93. The van der Waals surface area contributed by atoms with Crippen LogP contribution in [0.4, 0.5) is 0 Å². The van der Waals surface area contributed by atoms with Crippen LogP contribution in [0.5, 0.6) is 0 Å². The predicted octanol–water partition coefficient (Wildman–Crippen LogP) is 4.66. The normalized spacial score (nSPS) is 14.4. The van der Waals surface area contributed by atoms with Crippen LogP contribution < -0.4 is 0 Å². The maximum atomic E-state index is 3.54. The average Bonchev–Trinajstić information content (AvgIpc) is 2.87. The van der Waals surface area contributed by atoms with Crippen molar-refractivity contribution in [3.8, 4) is 11.3 Å². The highest BCUT2D eigenvalue weighted by Crippen LogP contribution is 2.33. The fraction of sp³-hybridized carbons (Fsp3) is 0.444. The fourth-order valence-corrected chi connectivity index (χ4v) is 4.29. The summed E-state index contributed by atoms with van der Waals surface area (Å²) in [6.45, 7) is 2.26. The summed E-state index contributed by atoms with van der Waals surface area (Å²) in [6, 6.07) is 11.1. The second kappa shape index (κ2) is 7.24. The van der Waals surface area contributed by atoms with Gasteiger partial charge in [-0.1, -0.05) is 28.1 Å². The third kappa shape index (κ3) is 3.61. The smallest absolute Gasteiger partial charge is 0.0485 e. The number of benzene rings is 1. The summed E-state index contributed by atoms with van der Waals surface area (Å²) in [4.78, 5) is 2.27. The molecule has 0 saturated heterocycles. The lowest BCUT2D eigenvalue weighted by Crippen LogP contribution is -2.17. The summed E-state index contributed by atoms with van der Waals surface area (Å²) >= 11 is 5.59. The standard InChI is InChI=1S/C18H23BrN2S/c1-20(2)9-3-10-21-17-8-11-22-13-15(17)12-18(21)14-4-6-16(19)7-5-14/h4-7,12H,3,8-11,13H2,1-2H3. The van der Waals surface area contributed by atoms with Gasteiger partial charge in [0.05, 0.1) is 0 Å². The Labute approximate surface area is 146 Å². The van der Waals surface area contributed by atoms with Gasteiger partial charge in [-0.05, 0) is 68.6 Å². The molecule has 0 saturated carbocycles. The highest BCUT2D eigenvalue weighted by molar-refractivity contribution is 9.10. The van der Waals surface area contributed by atoms with Crippen molar-refractivity contribution < 1.29 is 0 Å². The van der Waals surface area contributed by atoms with E-state index in [0.717, 1.165) is 17.6 Å². The van der Waals surface area contributed by atoms with E-state index < -0.39 is 0 Å². The van der Waals surface area contributed by atoms with Crippen molar-refractivity contribution in [3.05, 3.63) is 46.1 Å². The maximum absolute atomic E-state index is 3.54. The van der Waals surface area contributed by atoms with Crippen LogP contribution >= 0.6 is 27.7 Å². The van der Waals surface area contributed by atoms with Gasteiger partial charge in [0.2, 0.25) is 0 Å². The Hall–Kier alpha value is -0.710. The molecule has 1 aliphatic heterocycles. The van der Waals surface area contributed by atoms with E-state index in [4.69, 9.17) is 0 Å². The summed E-state index contributed by atoms with van der Waals surface area (Å²) in [5.41, 5.74) is 5.82. The largest absolute Gasteiger partial charge is 0.344 e. The zero-order valence-corrected chi connectivity index (χ0v) is 15.7. The van der Waals surface area contributed by atoms with Crippen LogP contribution in [-0.2, 0) is 18.7 Å². The zero-order chi connectivity index (χ0) is 15.5. The molecular weight excluding hydrogens is 356 g/mol. The van der Waals surface area contributed by atoms with Crippen LogP contribution in [0.25, 0.3) is 11.3 Å².